The van der Waals surface area contributed by atoms with Gasteiger partial charge in [-0.05, 0) is 64.4 Å². The first-order valence-corrected chi connectivity index (χ1v) is 18.0. The molecule has 6 heteroatoms. The summed E-state index contributed by atoms with van der Waals surface area (Å²) in [6.07, 6.45) is 1.82. The minimum Gasteiger partial charge on any atom is -0.507 e. The van der Waals surface area contributed by atoms with Gasteiger partial charge < -0.3 is 9.52 Å². The summed E-state index contributed by atoms with van der Waals surface area (Å²) in [6, 6.07) is 45.2. The Kier molecular flexibility index (Phi) is 8.34. The number of aromatic hydroxyl groups is 1. The van der Waals surface area contributed by atoms with Gasteiger partial charge in [0.15, 0.2) is 5.82 Å². The van der Waals surface area contributed by atoms with Gasteiger partial charge in [0.05, 0.1) is 22.3 Å². The van der Waals surface area contributed by atoms with Crippen LogP contribution in [0.15, 0.2) is 144 Å². The van der Waals surface area contributed by atoms with Gasteiger partial charge in [0.1, 0.15) is 17.2 Å². The van der Waals surface area contributed by atoms with Gasteiger partial charge in [-0.3, -0.25) is 4.90 Å². The number of phenolic OH excluding ortho intramolecular Hbond substituents is 1. The lowest BCUT2D eigenvalue weighted by Crippen LogP contribution is -2.17. The Morgan fingerprint density at radius 2 is 1.34 bits per heavy atom. The van der Waals surface area contributed by atoms with Crippen LogP contribution in [0.3, 0.4) is 0 Å². The smallest absolute Gasteiger partial charge is 0.231 e. The molecular formula is C47H42N4O2. The summed E-state index contributed by atoms with van der Waals surface area (Å²) in [7, 11) is 0. The monoisotopic (exact) mass is 694 g/mol. The normalized spacial score (nSPS) is 12.0. The molecule has 1 N–H and O–H groups in total. The molecule has 8 rings (SSSR count). The molecule has 0 saturated carbocycles. The molecule has 0 bridgehead atoms. The van der Waals surface area contributed by atoms with Crippen LogP contribution in [-0.4, -0.2) is 20.1 Å². The van der Waals surface area contributed by atoms with Gasteiger partial charge in [-0.15, -0.1) is 0 Å². The molecule has 3 aromatic heterocycles. The number of hydrogen-bond acceptors (Lipinski definition) is 6. The predicted octanol–water partition coefficient (Wildman–Crippen LogP) is 12.5. The Labute approximate surface area is 310 Å². The number of furan rings is 1. The van der Waals surface area contributed by atoms with E-state index in [-0.39, 0.29) is 16.6 Å². The van der Waals surface area contributed by atoms with E-state index in [2.05, 4.69) is 125 Å². The first kappa shape index (κ1) is 33.9. The maximum absolute atomic E-state index is 11.9. The standard InChI is InChI=1S/C47H42N4O2/c1-46(2,3)32-28-36(43(52)37(29-32)47(4,5)6)44-49-42(41-35-22-11-13-24-39(35)53-45(41)50-44)31-19-16-20-33(27-31)51(40-25-14-15-26-48-40)38-23-12-10-21-34(38)30-17-8-7-9-18-30/h7-29,52H,1-6H3. The Morgan fingerprint density at radius 1 is 0.623 bits per heavy atom. The number of nitrogens with zero attached hydrogens (tertiary/aromatic N) is 4. The summed E-state index contributed by atoms with van der Waals surface area (Å²) in [5.41, 5.74) is 8.92. The van der Waals surface area contributed by atoms with E-state index in [1.807, 2.05) is 60.8 Å². The van der Waals surface area contributed by atoms with Crippen LogP contribution in [0.5, 0.6) is 5.75 Å². The first-order valence-electron chi connectivity index (χ1n) is 18.0. The maximum Gasteiger partial charge on any atom is 0.231 e. The van der Waals surface area contributed by atoms with E-state index in [4.69, 9.17) is 19.4 Å². The topological polar surface area (TPSA) is 75.3 Å². The molecule has 0 aliphatic heterocycles. The van der Waals surface area contributed by atoms with Crippen LogP contribution < -0.4 is 4.90 Å². The minimum absolute atomic E-state index is 0.173. The molecule has 5 aromatic carbocycles. The zero-order valence-electron chi connectivity index (χ0n) is 30.9. The highest BCUT2D eigenvalue weighted by Crippen LogP contribution is 2.45. The van der Waals surface area contributed by atoms with Crippen molar-refractivity contribution < 1.29 is 9.52 Å². The highest BCUT2D eigenvalue weighted by Gasteiger charge is 2.28. The van der Waals surface area contributed by atoms with Crippen molar-refractivity contribution in [3.8, 4) is 39.5 Å². The number of phenols is 1. The summed E-state index contributed by atoms with van der Waals surface area (Å²) >= 11 is 0. The van der Waals surface area contributed by atoms with Crippen LogP contribution in [0.1, 0.15) is 52.7 Å². The number of para-hydroxylation sites is 2. The molecule has 0 spiro atoms. The number of hydrogen-bond donors (Lipinski definition) is 1. The number of anilines is 3. The van der Waals surface area contributed by atoms with Gasteiger partial charge in [-0.2, -0.15) is 4.98 Å². The molecule has 8 aromatic rings. The minimum atomic E-state index is -0.314. The highest BCUT2D eigenvalue weighted by atomic mass is 16.3. The molecule has 0 atom stereocenters. The van der Waals surface area contributed by atoms with Gasteiger partial charge in [0.25, 0.3) is 0 Å². The SMILES string of the molecule is CC(C)(C)c1cc(-c2nc(-c3cccc(N(c4ccccn4)c4ccccc4-c4ccccc4)c3)c3c(n2)oc2ccccc23)c(O)c(C(C)(C)C)c1. The van der Waals surface area contributed by atoms with Gasteiger partial charge in [0.2, 0.25) is 5.71 Å². The van der Waals surface area contributed by atoms with Crippen molar-refractivity contribution in [2.24, 2.45) is 0 Å². The molecule has 0 aliphatic rings. The van der Waals surface area contributed by atoms with E-state index in [1.54, 1.807) is 0 Å². The summed E-state index contributed by atoms with van der Waals surface area (Å²) in [4.78, 5) is 17.3. The third kappa shape index (κ3) is 6.31. The molecule has 3 heterocycles. The van der Waals surface area contributed by atoms with Crippen molar-refractivity contribution in [1.29, 1.82) is 0 Å². The summed E-state index contributed by atoms with van der Waals surface area (Å²) < 4.78 is 6.44. The van der Waals surface area contributed by atoms with Crippen LogP contribution in [0.2, 0.25) is 0 Å². The molecule has 0 saturated heterocycles. The predicted molar refractivity (Wildman–Crippen MR) is 217 cm³/mol. The quantitative estimate of drug-likeness (QED) is 0.187. The second-order valence-electron chi connectivity index (χ2n) is 15.6. The second kappa shape index (κ2) is 13.1. The van der Waals surface area contributed by atoms with E-state index >= 15 is 0 Å². The second-order valence-corrected chi connectivity index (χ2v) is 15.6. The van der Waals surface area contributed by atoms with Gasteiger partial charge in [0, 0.05) is 34.0 Å². The molecule has 53 heavy (non-hydrogen) atoms. The van der Waals surface area contributed by atoms with Crippen molar-refractivity contribution in [2.45, 2.75) is 52.4 Å². The van der Waals surface area contributed by atoms with E-state index in [1.165, 1.54) is 0 Å². The lowest BCUT2D eigenvalue weighted by molar-refractivity contribution is 0.446. The molecule has 0 fully saturated rings. The van der Waals surface area contributed by atoms with Crippen LogP contribution in [0.25, 0.3) is 55.8 Å². The molecule has 0 unspecified atom stereocenters. The third-order valence-electron chi connectivity index (χ3n) is 9.75. The Balaban J connectivity index is 1.39. The zero-order chi connectivity index (χ0) is 36.9. The molecule has 0 aliphatic carbocycles. The summed E-state index contributed by atoms with van der Waals surface area (Å²) in [5.74, 6) is 1.37. The van der Waals surface area contributed by atoms with Crippen LogP contribution in [0, 0.1) is 0 Å². The van der Waals surface area contributed by atoms with Crippen molar-refractivity contribution in [3.05, 3.63) is 151 Å². The molecule has 0 radical (unpaired) electrons. The molecule has 262 valence electrons. The van der Waals surface area contributed by atoms with Crippen molar-refractivity contribution in [3.63, 3.8) is 0 Å². The van der Waals surface area contributed by atoms with E-state index in [0.29, 0.717) is 22.8 Å². The van der Waals surface area contributed by atoms with Crippen molar-refractivity contribution >= 4 is 39.3 Å². The fourth-order valence-electron chi connectivity index (χ4n) is 6.97. The van der Waals surface area contributed by atoms with E-state index in [9.17, 15) is 5.11 Å². The maximum atomic E-state index is 11.9. The lowest BCUT2D eigenvalue weighted by atomic mass is 9.79. The summed E-state index contributed by atoms with van der Waals surface area (Å²) in [6.45, 7) is 12.9. The van der Waals surface area contributed by atoms with Crippen LogP contribution >= 0.6 is 0 Å². The average molecular weight is 695 g/mol. The Hall–Kier alpha value is -6.27. The molecule has 0 amide bonds. The number of fused-ring (bicyclic) bond motifs is 3. The zero-order valence-corrected chi connectivity index (χ0v) is 30.9. The van der Waals surface area contributed by atoms with Gasteiger partial charge in [-0.1, -0.05) is 133 Å². The highest BCUT2D eigenvalue weighted by molar-refractivity contribution is 6.11. The Bertz CT molecular complexity index is 2600. The van der Waals surface area contributed by atoms with Crippen LogP contribution in [-0.2, 0) is 10.8 Å². The first-order chi connectivity index (χ1) is 25.5. The Morgan fingerprint density at radius 3 is 2.09 bits per heavy atom. The van der Waals surface area contributed by atoms with Gasteiger partial charge in [-0.25, -0.2) is 9.97 Å². The molecular weight excluding hydrogens is 653 g/mol. The summed E-state index contributed by atoms with van der Waals surface area (Å²) in [5, 5.41) is 13.6. The number of pyridine rings is 1. The van der Waals surface area contributed by atoms with E-state index in [0.717, 1.165) is 61.4 Å². The fourth-order valence-corrected chi connectivity index (χ4v) is 6.97. The average Bonchev–Trinajstić information content (AvgIpc) is 3.53. The fraction of sp³-hybridized carbons (Fsp3) is 0.170. The number of benzene rings is 5. The lowest BCUT2D eigenvalue weighted by Gasteiger charge is -2.27. The number of aromatic nitrogens is 3. The van der Waals surface area contributed by atoms with Crippen molar-refractivity contribution in [1.82, 2.24) is 15.0 Å². The van der Waals surface area contributed by atoms with Gasteiger partial charge >= 0.3 is 0 Å². The number of rotatable bonds is 6. The van der Waals surface area contributed by atoms with Crippen molar-refractivity contribution in [2.75, 3.05) is 4.90 Å². The third-order valence-corrected chi connectivity index (χ3v) is 9.75. The molecule has 6 nitrogen and oxygen atoms in total. The van der Waals surface area contributed by atoms with Crippen LogP contribution in [0.4, 0.5) is 17.2 Å². The van der Waals surface area contributed by atoms with E-state index < -0.39 is 0 Å². The largest absolute Gasteiger partial charge is 0.507 e.